The van der Waals surface area contributed by atoms with Gasteiger partial charge in [0.05, 0.1) is 0 Å². The zero-order chi connectivity index (χ0) is 26.0. The third kappa shape index (κ3) is 9.20. The second kappa shape index (κ2) is 14.0. The largest absolute Gasteiger partial charge is 0.487 e. The molecule has 0 unspecified atom stereocenters. The number of hydrogen-bond acceptors (Lipinski definition) is 1. The summed E-state index contributed by atoms with van der Waals surface area (Å²) in [6.45, 7) is 0.578. The molecular formula is C30H45F5O. The Kier molecular flexibility index (Phi) is 11.4. The van der Waals surface area contributed by atoms with Crippen molar-refractivity contribution >= 4 is 0 Å². The van der Waals surface area contributed by atoms with E-state index in [0.717, 1.165) is 42.1 Å². The van der Waals surface area contributed by atoms with Gasteiger partial charge in [-0.1, -0.05) is 83.3 Å². The summed E-state index contributed by atoms with van der Waals surface area (Å²) in [5, 5.41) is 0. The molecule has 0 radical (unpaired) electrons. The van der Waals surface area contributed by atoms with Crippen LogP contribution in [0.15, 0.2) is 24.3 Å². The van der Waals surface area contributed by atoms with Gasteiger partial charge in [-0.3, -0.25) is 0 Å². The Morgan fingerprint density at radius 2 is 1.22 bits per heavy atom. The Bertz CT molecular complexity index is 729. The van der Waals surface area contributed by atoms with E-state index in [1.165, 1.54) is 102 Å². The molecule has 0 heterocycles. The lowest BCUT2D eigenvalue weighted by Crippen LogP contribution is -2.41. The third-order valence-corrected chi connectivity index (χ3v) is 8.76. The Hall–Kier alpha value is -1.33. The first-order chi connectivity index (χ1) is 17.2. The molecule has 3 rings (SSSR count). The van der Waals surface area contributed by atoms with Crippen LogP contribution in [0.3, 0.4) is 0 Å². The highest BCUT2D eigenvalue weighted by Gasteiger charge is 2.58. The van der Waals surface area contributed by atoms with Crippen LogP contribution >= 0.6 is 0 Å². The molecule has 0 amide bonds. The highest BCUT2D eigenvalue weighted by Crippen LogP contribution is 2.43. The topological polar surface area (TPSA) is 9.23 Å². The molecule has 36 heavy (non-hydrogen) atoms. The Morgan fingerprint density at radius 3 is 1.75 bits per heavy atom. The van der Waals surface area contributed by atoms with Crippen LogP contribution in [0, 0.1) is 23.7 Å². The van der Waals surface area contributed by atoms with Gasteiger partial charge in [0.2, 0.25) is 0 Å². The quantitative estimate of drug-likeness (QED) is 0.187. The minimum absolute atomic E-state index is 0.0365. The fraction of sp³-hybridized carbons (Fsp3) is 0.800. The molecule has 0 spiro atoms. The molecule has 0 saturated heterocycles. The van der Waals surface area contributed by atoms with Gasteiger partial charge >= 0.3 is 12.1 Å². The Balaban J connectivity index is 1.29. The molecule has 2 aliphatic rings. The first-order valence-electron chi connectivity index (χ1n) is 14.3. The maximum absolute atomic E-state index is 13.0. The van der Waals surface area contributed by atoms with Crippen molar-refractivity contribution < 1.29 is 26.7 Å². The van der Waals surface area contributed by atoms with Crippen molar-refractivity contribution in [1.29, 1.82) is 0 Å². The monoisotopic (exact) mass is 516 g/mol. The van der Waals surface area contributed by atoms with Crippen molar-refractivity contribution in [3.05, 3.63) is 29.8 Å². The SMILES string of the molecule is CCCCCCCC1CCC(C2CCC(CCc3ccc(OCC(F)(F)C(F)(F)F)cc3)CC2)CC1. The number of unbranched alkanes of at least 4 members (excludes halogenated alkanes) is 4. The van der Waals surface area contributed by atoms with E-state index in [2.05, 4.69) is 11.7 Å². The summed E-state index contributed by atoms with van der Waals surface area (Å²) in [7, 11) is 0. The summed E-state index contributed by atoms with van der Waals surface area (Å²) in [6, 6.07) is 6.52. The fourth-order valence-electron chi connectivity index (χ4n) is 6.31. The third-order valence-electron chi connectivity index (χ3n) is 8.76. The maximum Gasteiger partial charge on any atom is 0.456 e. The van der Waals surface area contributed by atoms with E-state index in [1.54, 1.807) is 12.1 Å². The number of benzene rings is 1. The van der Waals surface area contributed by atoms with Gasteiger partial charge in [-0.05, 0) is 79.9 Å². The van der Waals surface area contributed by atoms with Crippen LogP contribution in [0.25, 0.3) is 0 Å². The van der Waals surface area contributed by atoms with Crippen LogP contribution < -0.4 is 4.74 Å². The number of hydrogen-bond donors (Lipinski definition) is 0. The highest BCUT2D eigenvalue weighted by atomic mass is 19.4. The van der Waals surface area contributed by atoms with Crippen molar-refractivity contribution in [2.24, 2.45) is 23.7 Å². The molecule has 2 aliphatic carbocycles. The van der Waals surface area contributed by atoms with E-state index < -0.39 is 18.7 Å². The molecule has 0 N–H and O–H groups in total. The minimum atomic E-state index is -5.60. The van der Waals surface area contributed by atoms with E-state index in [9.17, 15) is 22.0 Å². The molecule has 2 fully saturated rings. The molecule has 0 atom stereocenters. The number of rotatable bonds is 13. The van der Waals surface area contributed by atoms with E-state index >= 15 is 0 Å². The molecule has 206 valence electrons. The summed E-state index contributed by atoms with van der Waals surface area (Å²) in [5.74, 6) is -1.29. The number of aryl methyl sites for hydroxylation is 1. The average Bonchev–Trinajstić information content (AvgIpc) is 2.87. The van der Waals surface area contributed by atoms with Gasteiger partial charge in [0.1, 0.15) is 5.75 Å². The molecular weight excluding hydrogens is 471 g/mol. The Labute approximate surface area is 214 Å². The second-order valence-corrected chi connectivity index (χ2v) is 11.4. The zero-order valence-electron chi connectivity index (χ0n) is 21.9. The lowest BCUT2D eigenvalue weighted by Gasteiger charge is -2.38. The van der Waals surface area contributed by atoms with Gasteiger partial charge in [-0.2, -0.15) is 22.0 Å². The molecule has 2 saturated carbocycles. The number of alkyl halides is 5. The smallest absolute Gasteiger partial charge is 0.456 e. The van der Waals surface area contributed by atoms with Gasteiger partial charge in [-0.15, -0.1) is 0 Å². The first-order valence-corrected chi connectivity index (χ1v) is 14.3. The normalized spacial score (nSPS) is 25.6. The van der Waals surface area contributed by atoms with Crippen molar-refractivity contribution in [3.63, 3.8) is 0 Å². The first kappa shape index (κ1) is 29.2. The van der Waals surface area contributed by atoms with Crippen LogP contribution in [-0.4, -0.2) is 18.7 Å². The van der Waals surface area contributed by atoms with Crippen molar-refractivity contribution in [2.45, 2.75) is 122 Å². The average molecular weight is 517 g/mol. The zero-order valence-corrected chi connectivity index (χ0v) is 21.9. The molecule has 6 heteroatoms. The fourth-order valence-corrected chi connectivity index (χ4v) is 6.31. The molecule has 1 nitrogen and oxygen atoms in total. The summed E-state index contributed by atoms with van der Waals surface area (Å²) >= 11 is 0. The predicted octanol–water partition coefficient (Wildman–Crippen LogP) is 10.2. The van der Waals surface area contributed by atoms with E-state index in [-0.39, 0.29) is 5.75 Å². The predicted molar refractivity (Wildman–Crippen MR) is 136 cm³/mol. The number of ether oxygens (including phenoxy) is 1. The summed E-state index contributed by atoms with van der Waals surface area (Å²) in [4.78, 5) is 0. The van der Waals surface area contributed by atoms with Gasteiger partial charge in [0, 0.05) is 0 Å². The van der Waals surface area contributed by atoms with Gasteiger partial charge in [0.15, 0.2) is 6.61 Å². The Morgan fingerprint density at radius 1 is 0.694 bits per heavy atom. The molecule has 0 aliphatic heterocycles. The van der Waals surface area contributed by atoms with Gasteiger partial charge in [-0.25, -0.2) is 0 Å². The van der Waals surface area contributed by atoms with Crippen molar-refractivity contribution in [1.82, 2.24) is 0 Å². The summed E-state index contributed by atoms with van der Waals surface area (Å²) in [5.41, 5.74) is 1.07. The number of halogens is 5. The minimum Gasteiger partial charge on any atom is -0.487 e. The van der Waals surface area contributed by atoms with E-state index in [4.69, 9.17) is 0 Å². The highest BCUT2D eigenvalue weighted by molar-refractivity contribution is 5.27. The molecule has 0 aromatic heterocycles. The van der Waals surface area contributed by atoms with E-state index in [0.29, 0.717) is 0 Å². The summed E-state index contributed by atoms with van der Waals surface area (Å²) < 4.78 is 67.5. The standard InChI is InChI=1S/C30H45F5O/c1-2-3-4-5-6-7-23-10-16-26(17-11-23)27-18-12-24(13-19-27)8-9-25-14-20-28(21-15-25)36-22-29(31,32)30(33,34)35/h14-15,20-21,23-24,26-27H,2-13,16-19,22H2,1H3. The van der Waals surface area contributed by atoms with Gasteiger partial charge < -0.3 is 4.74 Å². The van der Waals surface area contributed by atoms with E-state index in [1.807, 2.05) is 0 Å². The summed E-state index contributed by atoms with van der Waals surface area (Å²) in [6.07, 6.45) is 15.8. The van der Waals surface area contributed by atoms with Crippen LogP contribution in [0.2, 0.25) is 0 Å². The van der Waals surface area contributed by atoms with Crippen LogP contribution in [0.5, 0.6) is 5.75 Å². The maximum atomic E-state index is 13.0. The van der Waals surface area contributed by atoms with Crippen LogP contribution in [0.1, 0.15) is 109 Å². The molecule has 1 aromatic carbocycles. The van der Waals surface area contributed by atoms with Crippen LogP contribution in [-0.2, 0) is 6.42 Å². The molecule has 1 aromatic rings. The van der Waals surface area contributed by atoms with Crippen molar-refractivity contribution in [2.75, 3.05) is 6.61 Å². The van der Waals surface area contributed by atoms with Gasteiger partial charge in [0.25, 0.3) is 0 Å². The van der Waals surface area contributed by atoms with Crippen LogP contribution in [0.4, 0.5) is 22.0 Å². The lowest BCUT2D eigenvalue weighted by molar-refractivity contribution is -0.290. The van der Waals surface area contributed by atoms with Crippen molar-refractivity contribution in [3.8, 4) is 5.75 Å². The second-order valence-electron chi connectivity index (χ2n) is 11.4. The molecule has 0 bridgehead atoms. The lowest BCUT2D eigenvalue weighted by atomic mass is 9.68.